The van der Waals surface area contributed by atoms with Crippen molar-refractivity contribution in [3.63, 3.8) is 0 Å². The van der Waals surface area contributed by atoms with Crippen LogP contribution in [0.25, 0.3) is 0 Å². The van der Waals surface area contributed by atoms with Crippen LogP contribution in [0.2, 0.25) is 5.02 Å². The number of benzene rings is 1. The maximum atomic E-state index is 11.9. The van der Waals surface area contributed by atoms with E-state index in [0.717, 1.165) is 6.07 Å². The van der Waals surface area contributed by atoms with Crippen LogP contribution in [0.4, 0.5) is 11.4 Å². The minimum absolute atomic E-state index is 0.0166. The van der Waals surface area contributed by atoms with Crippen LogP contribution in [0, 0.1) is 16.0 Å². The highest BCUT2D eigenvalue weighted by molar-refractivity contribution is 6.34. The molecule has 0 saturated heterocycles. The van der Waals surface area contributed by atoms with Crippen LogP contribution in [0.1, 0.15) is 36.0 Å². The van der Waals surface area contributed by atoms with Crippen molar-refractivity contribution in [1.82, 2.24) is 0 Å². The third-order valence-corrected chi connectivity index (χ3v) is 4.41. The quantitative estimate of drug-likeness (QED) is 0.472. The number of hydrogen-bond acceptors (Lipinski definition) is 6. The van der Waals surface area contributed by atoms with Crippen molar-refractivity contribution in [2.45, 2.75) is 31.7 Å². The van der Waals surface area contributed by atoms with Crippen molar-refractivity contribution >= 4 is 34.9 Å². The summed E-state index contributed by atoms with van der Waals surface area (Å²) in [5, 5.41) is 23.1. The number of esters is 1. The first-order valence-corrected chi connectivity index (χ1v) is 7.76. The molecule has 130 valence electrons. The highest BCUT2D eigenvalue weighted by Gasteiger charge is 2.28. The number of aliphatic carboxylic acids is 1. The Labute approximate surface area is 142 Å². The number of halogens is 1. The van der Waals surface area contributed by atoms with E-state index in [0.29, 0.717) is 25.7 Å². The Kier molecular flexibility index (Phi) is 5.61. The molecule has 1 saturated carbocycles. The number of nitrogens with zero attached hydrogens (tertiary/aromatic N) is 1. The van der Waals surface area contributed by atoms with E-state index in [9.17, 15) is 19.7 Å². The predicted octanol–water partition coefficient (Wildman–Crippen LogP) is 3.09. The van der Waals surface area contributed by atoms with Crippen LogP contribution in [0.5, 0.6) is 0 Å². The number of carbonyl (C=O) groups excluding carboxylic acids is 1. The number of nitro groups is 1. The number of carboxylic acids is 1. The molecule has 0 unspecified atom stereocenters. The summed E-state index contributed by atoms with van der Waals surface area (Å²) in [6.45, 7) is 0. The Hall–Kier alpha value is -2.35. The summed E-state index contributed by atoms with van der Waals surface area (Å²) in [6, 6.07) is 2.21. The summed E-state index contributed by atoms with van der Waals surface area (Å²) in [5.41, 5.74) is -0.0505. The largest absolute Gasteiger partial charge is 0.481 e. The van der Waals surface area contributed by atoms with Gasteiger partial charge in [-0.1, -0.05) is 11.6 Å². The van der Waals surface area contributed by atoms with E-state index >= 15 is 0 Å². The predicted molar refractivity (Wildman–Crippen MR) is 86.5 cm³/mol. The second kappa shape index (κ2) is 7.48. The lowest BCUT2D eigenvalue weighted by molar-refractivity contribution is -0.384. The van der Waals surface area contributed by atoms with Gasteiger partial charge in [0.2, 0.25) is 0 Å². The number of carboxylic acid groups (broad SMARTS) is 1. The monoisotopic (exact) mass is 356 g/mol. The molecule has 0 atom stereocenters. The lowest BCUT2D eigenvalue weighted by Crippen LogP contribution is -2.30. The zero-order valence-corrected chi connectivity index (χ0v) is 13.7. The number of non-ortho nitro benzene ring substituents is 1. The number of nitrogens with one attached hydrogen (secondary N) is 1. The summed E-state index contributed by atoms with van der Waals surface area (Å²) in [4.78, 5) is 33.2. The van der Waals surface area contributed by atoms with Crippen LogP contribution in [0.3, 0.4) is 0 Å². The number of rotatable bonds is 5. The Balaban J connectivity index is 2.25. The normalized spacial score (nSPS) is 20.2. The lowest BCUT2D eigenvalue weighted by atomic mass is 9.86. The summed E-state index contributed by atoms with van der Waals surface area (Å²) in [5.74, 6) is -1.91. The summed E-state index contributed by atoms with van der Waals surface area (Å²) in [6.07, 6.45) is 2.24. The molecule has 0 aliphatic heterocycles. The Morgan fingerprint density at radius 3 is 2.46 bits per heavy atom. The molecule has 0 aromatic heterocycles. The molecule has 2 rings (SSSR count). The molecule has 1 fully saturated rings. The minimum Gasteiger partial charge on any atom is -0.481 e. The second-order valence-corrected chi connectivity index (χ2v) is 6.04. The van der Waals surface area contributed by atoms with Gasteiger partial charge in [0.25, 0.3) is 5.69 Å². The highest BCUT2D eigenvalue weighted by atomic mass is 35.5. The standard InChI is InChI=1S/C15H17ClN2O6/c1-24-15(21)11-6-10(18(22)23)7-12(16)13(11)17-9-4-2-8(3-5-9)14(19)20/h6-9,17H,2-5H2,1H3,(H,19,20). The first-order chi connectivity index (χ1) is 11.3. The number of ether oxygens (including phenoxy) is 1. The van der Waals surface area contributed by atoms with E-state index in [4.69, 9.17) is 16.7 Å². The van der Waals surface area contributed by atoms with Crippen LogP contribution >= 0.6 is 11.6 Å². The Morgan fingerprint density at radius 1 is 1.33 bits per heavy atom. The smallest absolute Gasteiger partial charge is 0.340 e. The molecule has 0 bridgehead atoms. The fraction of sp³-hybridized carbons (Fsp3) is 0.467. The third kappa shape index (κ3) is 3.94. The van der Waals surface area contributed by atoms with E-state index < -0.39 is 16.9 Å². The average molecular weight is 357 g/mol. The molecule has 1 aliphatic rings. The first kappa shape index (κ1) is 18.0. The minimum atomic E-state index is -0.808. The summed E-state index contributed by atoms with van der Waals surface area (Å²) < 4.78 is 4.67. The van der Waals surface area contributed by atoms with Crippen LogP contribution < -0.4 is 5.32 Å². The molecular weight excluding hydrogens is 340 g/mol. The Morgan fingerprint density at radius 2 is 1.96 bits per heavy atom. The van der Waals surface area contributed by atoms with Gasteiger partial charge >= 0.3 is 11.9 Å². The number of methoxy groups -OCH3 is 1. The molecule has 8 nitrogen and oxygen atoms in total. The van der Waals surface area contributed by atoms with E-state index in [1.807, 2.05) is 0 Å². The van der Waals surface area contributed by atoms with E-state index in [-0.39, 0.29) is 33.9 Å². The van der Waals surface area contributed by atoms with Gasteiger partial charge in [0.05, 0.1) is 34.2 Å². The van der Waals surface area contributed by atoms with Crippen molar-refractivity contribution in [3.8, 4) is 0 Å². The van der Waals surface area contributed by atoms with Gasteiger partial charge in [-0.25, -0.2) is 4.79 Å². The molecule has 1 aromatic rings. The lowest BCUT2D eigenvalue weighted by Gasteiger charge is -2.28. The molecule has 0 radical (unpaired) electrons. The van der Waals surface area contributed by atoms with Gasteiger partial charge in [0.1, 0.15) is 0 Å². The zero-order valence-electron chi connectivity index (χ0n) is 13.0. The maximum absolute atomic E-state index is 11.9. The number of nitro benzene ring substituents is 1. The maximum Gasteiger partial charge on any atom is 0.340 e. The van der Waals surface area contributed by atoms with Gasteiger partial charge in [-0.3, -0.25) is 14.9 Å². The van der Waals surface area contributed by atoms with Gasteiger partial charge in [-0.15, -0.1) is 0 Å². The number of anilines is 1. The molecule has 24 heavy (non-hydrogen) atoms. The zero-order chi connectivity index (χ0) is 17.9. The molecule has 0 amide bonds. The SMILES string of the molecule is COC(=O)c1cc([N+](=O)[O-])cc(Cl)c1NC1CCC(C(=O)O)CC1. The molecule has 1 aromatic carbocycles. The van der Waals surface area contributed by atoms with Gasteiger partial charge in [0.15, 0.2) is 0 Å². The topological polar surface area (TPSA) is 119 Å². The van der Waals surface area contributed by atoms with Crippen molar-refractivity contribution in [2.75, 3.05) is 12.4 Å². The average Bonchev–Trinajstić information content (AvgIpc) is 2.56. The van der Waals surface area contributed by atoms with Crippen LogP contribution in [0.15, 0.2) is 12.1 Å². The fourth-order valence-electron chi connectivity index (χ4n) is 2.80. The highest BCUT2D eigenvalue weighted by Crippen LogP contribution is 2.35. The third-order valence-electron chi connectivity index (χ3n) is 4.12. The first-order valence-electron chi connectivity index (χ1n) is 7.39. The van der Waals surface area contributed by atoms with E-state index in [1.54, 1.807) is 0 Å². The molecule has 2 N–H and O–H groups in total. The van der Waals surface area contributed by atoms with E-state index in [1.165, 1.54) is 13.2 Å². The van der Waals surface area contributed by atoms with Crippen molar-refractivity contribution < 1.29 is 24.4 Å². The van der Waals surface area contributed by atoms with Crippen molar-refractivity contribution in [3.05, 3.63) is 32.8 Å². The van der Waals surface area contributed by atoms with Gasteiger partial charge in [0, 0.05) is 18.2 Å². The summed E-state index contributed by atoms with van der Waals surface area (Å²) in [7, 11) is 1.18. The summed E-state index contributed by atoms with van der Waals surface area (Å²) >= 11 is 6.11. The number of hydrogen-bond donors (Lipinski definition) is 2. The fourth-order valence-corrected chi connectivity index (χ4v) is 3.07. The molecule has 9 heteroatoms. The van der Waals surface area contributed by atoms with Crippen LogP contribution in [-0.2, 0) is 9.53 Å². The second-order valence-electron chi connectivity index (χ2n) is 5.63. The van der Waals surface area contributed by atoms with Gasteiger partial charge < -0.3 is 15.2 Å². The Bertz CT molecular complexity index is 670. The van der Waals surface area contributed by atoms with Crippen LogP contribution in [-0.4, -0.2) is 35.1 Å². The molecular formula is C15H17ClN2O6. The molecule has 1 aliphatic carbocycles. The van der Waals surface area contributed by atoms with Crippen molar-refractivity contribution in [2.24, 2.45) is 5.92 Å². The number of carbonyl (C=O) groups is 2. The van der Waals surface area contributed by atoms with Crippen molar-refractivity contribution in [1.29, 1.82) is 0 Å². The van der Waals surface area contributed by atoms with Gasteiger partial charge in [-0.2, -0.15) is 0 Å². The molecule has 0 heterocycles. The van der Waals surface area contributed by atoms with E-state index in [2.05, 4.69) is 10.1 Å². The van der Waals surface area contributed by atoms with Gasteiger partial charge in [-0.05, 0) is 25.7 Å². The molecule has 0 spiro atoms.